The van der Waals surface area contributed by atoms with Crippen molar-refractivity contribution in [3.8, 4) is 0 Å². The summed E-state index contributed by atoms with van der Waals surface area (Å²) in [4.78, 5) is 31.6. The van der Waals surface area contributed by atoms with Crippen molar-refractivity contribution in [2.24, 2.45) is 22.7 Å². The molecule has 1 aliphatic carbocycles. The topological polar surface area (TPSA) is 112 Å². The Kier molecular flexibility index (Phi) is 7.50. The fourth-order valence-electron chi connectivity index (χ4n) is 6.33. The minimum atomic E-state index is -3.56. The molecule has 0 atom stereocenters. The molecule has 10 heteroatoms. The van der Waals surface area contributed by atoms with Gasteiger partial charge in [0.2, 0.25) is 5.91 Å². The summed E-state index contributed by atoms with van der Waals surface area (Å²) >= 11 is 0. The van der Waals surface area contributed by atoms with Crippen LogP contribution in [-0.4, -0.2) is 57.9 Å². The highest BCUT2D eigenvalue weighted by molar-refractivity contribution is 7.88. The number of hydrogen-bond acceptors (Lipinski definition) is 6. The molecule has 3 N–H and O–H groups in total. The predicted octanol–water partition coefficient (Wildman–Crippen LogP) is 1.60. The lowest BCUT2D eigenvalue weighted by atomic mass is 9.76. The number of hydrogen-bond donors (Lipinski definition) is 3. The number of piperidine rings is 1. The van der Waals surface area contributed by atoms with Crippen LogP contribution in [0.1, 0.15) is 63.5 Å². The summed E-state index contributed by atoms with van der Waals surface area (Å²) in [5.74, 6) is 2.53. The summed E-state index contributed by atoms with van der Waals surface area (Å²) in [7, 11) is -3.56. The lowest BCUT2D eigenvalue weighted by molar-refractivity contribution is -0.773. The van der Waals surface area contributed by atoms with Crippen LogP contribution in [0.3, 0.4) is 0 Å². The number of nitrogens with one attached hydrogen (secondary N) is 3. The Morgan fingerprint density at radius 1 is 1.13 bits per heavy atom. The maximum Gasteiger partial charge on any atom is 0.318 e. The summed E-state index contributed by atoms with van der Waals surface area (Å²) in [5, 5.41) is 7.38. The van der Waals surface area contributed by atoms with E-state index in [9.17, 15) is 18.0 Å². The average molecular weight is 543 g/mol. The summed E-state index contributed by atoms with van der Waals surface area (Å²) < 4.78 is 26.8. The molecule has 1 aromatic carbocycles. The first-order chi connectivity index (χ1) is 18.1. The maximum atomic E-state index is 13.2. The van der Waals surface area contributed by atoms with Gasteiger partial charge >= 0.3 is 10.0 Å². The van der Waals surface area contributed by atoms with Crippen molar-refractivity contribution in [2.45, 2.75) is 64.8 Å². The van der Waals surface area contributed by atoms with E-state index < -0.39 is 15.6 Å². The van der Waals surface area contributed by atoms with Crippen molar-refractivity contribution >= 4 is 39.4 Å². The Bertz CT molecular complexity index is 1260. The minimum absolute atomic E-state index is 0.0210. The van der Waals surface area contributed by atoms with Crippen LogP contribution in [0.2, 0.25) is 0 Å². The molecule has 1 aromatic rings. The zero-order valence-corrected chi connectivity index (χ0v) is 23.4. The molecule has 0 bridgehead atoms. The number of carbonyl (C=O) groups excluding carboxylic acids is 2. The van der Waals surface area contributed by atoms with Gasteiger partial charge in [0.25, 0.3) is 5.91 Å². The molecule has 2 saturated heterocycles. The fourth-order valence-corrected chi connectivity index (χ4v) is 7.62. The Hall–Kier alpha value is -2.56. The number of rotatable bonds is 6. The lowest BCUT2D eigenvalue weighted by Gasteiger charge is -2.31. The van der Waals surface area contributed by atoms with E-state index in [0.29, 0.717) is 55.3 Å². The molecule has 38 heavy (non-hydrogen) atoms. The highest BCUT2D eigenvalue weighted by Crippen LogP contribution is 2.36. The largest absolute Gasteiger partial charge is 0.318 e. The Morgan fingerprint density at radius 3 is 2.45 bits per heavy atom. The summed E-state index contributed by atoms with van der Waals surface area (Å²) in [5.41, 5.74) is 1.67. The molecule has 0 aromatic heterocycles. The zero-order chi connectivity index (χ0) is 27.1. The molecule has 0 radical (unpaired) electrons. The number of anilines is 1. The van der Waals surface area contributed by atoms with Gasteiger partial charge < -0.3 is 5.32 Å². The van der Waals surface area contributed by atoms with Crippen LogP contribution in [0, 0.1) is 24.7 Å². The van der Waals surface area contributed by atoms with Gasteiger partial charge in [-0.05, 0) is 73.8 Å². The van der Waals surface area contributed by atoms with E-state index in [-0.39, 0.29) is 11.8 Å². The highest BCUT2D eigenvalue weighted by atomic mass is 32.2. The van der Waals surface area contributed by atoms with E-state index in [1.165, 1.54) is 18.2 Å². The molecule has 5 rings (SSSR count). The van der Waals surface area contributed by atoms with Crippen LogP contribution in [0.5, 0.6) is 0 Å². The summed E-state index contributed by atoms with van der Waals surface area (Å²) in [6.07, 6.45) is 6.93. The number of nitrogens with zero attached hydrogens (tertiary/aromatic N) is 2. The molecular weight excluding hydrogens is 502 g/mol. The van der Waals surface area contributed by atoms with Crippen molar-refractivity contribution < 1.29 is 22.3 Å². The number of benzene rings is 1. The van der Waals surface area contributed by atoms with Gasteiger partial charge in [-0.3, -0.25) is 24.8 Å². The summed E-state index contributed by atoms with van der Waals surface area (Å²) in [6.45, 7) is 7.96. The Balaban J connectivity index is 1.21. The highest BCUT2D eigenvalue weighted by Gasteiger charge is 2.50. The molecule has 3 fully saturated rings. The Morgan fingerprint density at radius 2 is 1.84 bits per heavy atom. The van der Waals surface area contributed by atoms with Crippen LogP contribution in [0.15, 0.2) is 28.6 Å². The Labute approximate surface area is 225 Å². The number of sulfonamides is 1. The quantitative estimate of drug-likeness (QED) is 0.506. The van der Waals surface area contributed by atoms with Gasteiger partial charge in [0.1, 0.15) is 5.84 Å². The van der Waals surface area contributed by atoms with Crippen LogP contribution in [0.4, 0.5) is 5.69 Å². The van der Waals surface area contributed by atoms with E-state index >= 15 is 0 Å². The molecule has 9 nitrogen and oxygen atoms in total. The van der Waals surface area contributed by atoms with Crippen LogP contribution < -0.4 is 19.8 Å². The van der Waals surface area contributed by atoms with Crippen LogP contribution in [0.25, 0.3) is 6.08 Å². The molecule has 1 spiro atoms. The molecule has 3 aliphatic heterocycles. The minimum Gasteiger partial charge on any atom is -0.312 e. The monoisotopic (exact) mass is 542 g/mol. The van der Waals surface area contributed by atoms with Crippen LogP contribution >= 0.6 is 0 Å². The third kappa shape index (κ3) is 5.31. The first kappa shape index (κ1) is 27.0. The predicted molar refractivity (Wildman–Crippen MR) is 148 cm³/mol. The van der Waals surface area contributed by atoms with Crippen LogP contribution in [-0.2, 0) is 19.6 Å². The fraction of sp³-hybridized carbons (Fsp3) is 0.607. The lowest BCUT2D eigenvalue weighted by Crippen LogP contribution is -3.15. The molecule has 3 heterocycles. The van der Waals surface area contributed by atoms with E-state index in [1.54, 1.807) is 11.0 Å². The number of amides is 2. The molecule has 0 unspecified atom stereocenters. The van der Waals surface area contributed by atoms with Crippen molar-refractivity contribution in [2.75, 3.05) is 31.2 Å². The van der Waals surface area contributed by atoms with Gasteiger partial charge in [-0.15, -0.1) is 0 Å². The zero-order valence-electron chi connectivity index (χ0n) is 22.6. The molecular formula is C28H40N5O4S+. The van der Waals surface area contributed by atoms with E-state index in [0.717, 1.165) is 41.4 Å². The second-order valence-corrected chi connectivity index (χ2v) is 13.6. The maximum absolute atomic E-state index is 13.2. The van der Waals surface area contributed by atoms with E-state index in [1.807, 2.05) is 25.1 Å². The van der Waals surface area contributed by atoms with Gasteiger partial charge in [0, 0.05) is 24.4 Å². The molecule has 2 amide bonds. The smallest absolute Gasteiger partial charge is 0.312 e. The SMILES string of the molecule is Cc1cc(N2CNCC2=O)ccc1C=CS(=O)(=O)[NH+]1CCC2(CC1)N=C(C1CCC(C(C)C)CC1)NC2=O. The second-order valence-electron chi connectivity index (χ2n) is 11.7. The number of carbonyl (C=O) groups is 2. The first-order valence-corrected chi connectivity index (χ1v) is 15.4. The summed E-state index contributed by atoms with van der Waals surface area (Å²) in [6, 6.07) is 5.58. The number of aliphatic imine (C=N–C) groups is 1. The second kappa shape index (κ2) is 10.5. The van der Waals surface area contributed by atoms with Crippen molar-refractivity contribution in [3.63, 3.8) is 0 Å². The van der Waals surface area contributed by atoms with E-state index in [2.05, 4.69) is 24.5 Å². The number of quaternary nitrogens is 1. The third-order valence-corrected chi connectivity index (χ3v) is 10.7. The van der Waals surface area contributed by atoms with Gasteiger partial charge in [-0.1, -0.05) is 19.9 Å². The van der Waals surface area contributed by atoms with Gasteiger partial charge in [-0.25, -0.2) is 4.31 Å². The van der Waals surface area contributed by atoms with Crippen molar-refractivity contribution in [1.29, 1.82) is 0 Å². The third-order valence-electron chi connectivity index (χ3n) is 8.98. The van der Waals surface area contributed by atoms with Crippen molar-refractivity contribution in [3.05, 3.63) is 34.7 Å². The molecule has 1 saturated carbocycles. The number of amidine groups is 1. The first-order valence-electron chi connectivity index (χ1n) is 13.9. The van der Waals surface area contributed by atoms with Crippen molar-refractivity contribution in [1.82, 2.24) is 10.6 Å². The average Bonchev–Trinajstić information content (AvgIpc) is 3.46. The molecule has 4 aliphatic rings. The van der Waals surface area contributed by atoms with E-state index in [4.69, 9.17) is 4.99 Å². The van der Waals surface area contributed by atoms with Gasteiger partial charge in [-0.2, -0.15) is 8.42 Å². The van der Waals surface area contributed by atoms with Gasteiger partial charge in [0.05, 0.1) is 31.7 Å². The van der Waals surface area contributed by atoms with Gasteiger partial charge in [0.15, 0.2) is 5.54 Å². The number of aryl methyl sites for hydroxylation is 1. The molecule has 206 valence electrons. The normalized spacial score (nSPS) is 30.5. The standard InChI is InChI=1S/C28H39N5O4S/c1-19(2)21-4-6-23(7-5-21)26-30-27(35)28(31-26)11-13-32(14-12-28)38(36,37)15-10-22-8-9-24(16-20(22)3)33-18-29-17-25(33)34/h8-10,15-16,19,21,23,29H,4-7,11-14,17-18H2,1-3H3,(H,30,31,35)/p+1.